The molecule has 0 radical (unpaired) electrons. The first-order chi connectivity index (χ1) is 8.28. The van der Waals surface area contributed by atoms with E-state index in [9.17, 15) is 4.79 Å². The number of carbonyl (C=O) groups excluding carboxylic acids is 1. The predicted octanol–water partition coefficient (Wildman–Crippen LogP) is 1.33. The second-order valence-corrected chi connectivity index (χ2v) is 5.06. The van der Waals surface area contributed by atoms with Gasteiger partial charge < -0.3 is 15.8 Å². The second kappa shape index (κ2) is 5.66. The van der Waals surface area contributed by atoms with Crippen LogP contribution in [0, 0.1) is 0 Å². The fraction of sp³-hybridized carbons (Fsp3) is 0.583. The lowest BCUT2D eigenvalue weighted by molar-refractivity contribution is -0.118. The van der Waals surface area contributed by atoms with Crippen molar-refractivity contribution in [1.29, 1.82) is 0 Å². The van der Waals surface area contributed by atoms with Crippen LogP contribution in [0.4, 0.5) is 5.82 Å². The third kappa shape index (κ3) is 4.99. The molecule has 0 aliphatic heterocycles. The Labute approximate surface area is 107 Å². The summed E-state index contributed by atoms with van der Waals surface area (Å²) in [5.74, 6) is 0.740. The summed E-state index contributed by atoms with van der Waals surface area (Å²) in [5.41, 5.74) is 4.73. The maximum absolute atomic E-state index is 10.9. The number of rotatable bonds is 6. The Morgan fingerprint density at radius 2 is 2.17 bits per heavy atom. The van der Waals surface area contributed by atoms with E-state index in [1.807, 2.05) is 27.7 Å². The van der Waals surface area contributed by atoms with Crippen LogP contribution in [-0.4, -0.2) is 27.5 Å². The van der Waals surface area contributed by atoms with E-state index in [4.69, 9.17) is 10.5 Å². The molecule has 1 aromatic heterocycles. The lowest BCUT2D eigenvalue weighted by atomic mass is 10.0. The van der Waals surface area contributed by atoms with Crippen molar-refractivity contribution in [1.82, 2.24) is 9.97 Å². The van der Waals surface area contributed by atoms with Crippen LogP contribution in [0.1, 0.15) is 34.1 Å². The summed E-state index contributed by atoms with van der Waals surface area (Å²) in [6, 6.07) is 1.70. The van der Waals surface area contributed by atoms with E-state index >= 15 is 0 Å². The van der Waals surface area contributed by atoms with Gasteiger partial charge in [-0.25, -0.2) is 9.97 Å². The van der Waals surface area contributed by atoms with Gasteiger partial charge >= 0.3 is 0 Å². The molecular weight excluding hydrogens is 232 g/mol. The van der Waals surface area contributed by atoms with Crippen LogP contribution in [0.25, 0.3) is 0 Å². The number of hydrogen-bond donors (Lipinski definition) is 2. The molecule has 0 atom stereocenters. The van der Waals surface area contributed by atoms with Crippen molar-refractivity contribution in [2.75, 3.05) is 5.32 Å². The largest absolute Gasteiger partial charge is 0.475 e. The highest BCUT2D eigenvalue weighted by Crippen LogP contribution is 2.19. The van der Waals surface area contributed by atoms with Gasteiger partial charge in [-0.3, -0.25) is 4.79 Å². The molecule has 6 nitrogen and oxygen atoms in total. The van der Waals surface area contributed by atoms with E-state index in [2.05, 4.69) is 15.3 Å². The first kappa shape index (κ1) is 14.2. The summed E-state index contributed by atoms with van der Waals surface area (Å²) in [6.45, 7) is 7.60. The molecule has 0 aliphatic rings. The highest BCUT2D eigenvalue weighted by molar-refractivity contribution is 5.75. The molecule has 0 unspecified atom stereocenters. The number of hydrogen-bond acceptors (Lipinski definition) is 5. The van der Waals surface area contributed by atoms with Crippen molar-refractivity contribution in [2.24, 2.45) is 5.73 Å². The maximum Gasteiger partial charge on any atom is 0.219 e. The van der Waals surface area contributed by atoms with Crippen molar-refractivity contribution >= 4 is 11.7 Å². The molecule has 1 aromatic rings. The number of aromatic nitrogens is 2. The molecule has 100 valence electrons. The van der Waals surface area contributed by atoms with Crippen molar-refractivity contribution < 1.29 is 9.53 Å². The summed E-state index contributed by atoms with van der Waals surface area (Å²) in [6.07, 6.45) is 1.68. The molecule has 1 heterocycles. The molecular formula is C12H20N4O2. The molecule has 6 heteroatoms. The maximum atomic E-state index is 10.9. The third-order valence-electron chi connectivity index (χ3n) is 2.08. The number of nitrogens with two attached hydrogens (primary N) is 1. The highest BCUT2D eigenvalue weighted by atomic mass is 16.5. The number of amides is 1. The average Bonchev–Trinajstić information content (AvgIpc) is 2.13. The third-order valence-corrected chi connectivity index (χ3v) is 2.08. The summed E-state index contributed by atoms with van der Waals surface area (Å²) in [7, 11) is 0. The minimum Gasteiger partial charge on any atom is -0.475 e. The Hall–Kier alpha value is -1.85. The Morgan fingerprint density at radius 3 is 2.72 bits per heavy atom. The van der Waals surface area contributed by atoms with Crippen LogP contribution in [0.3, 0.4) is 0 Å². The minimum absolute atomic E-state index is 0.0476. The quantitative estimate of drug-likeness (QED) is 0.797. The first-order valence-corrected chi connectivity index (χ1v) is 5.84. The van der Waals surface area contributed by atoms with Crippen LogP contribution >= 0.6 is 0 Å². The molecule has 0 fully saturated rings. The zero-order chi connectivity index (χ0) is 13.8. The number of carbonyl (C=O) groups is 1. The van der Waals surface area contributed by atoms with Gasteiger partial charge in [0, 0.05) is 18.0 Å². The van der Waals surface area contributed by atoms with Gasteiger partial charge in [0.25, 0.3) is 0 Å². The molecule has 0 saturated heterocycles. The molecule has 1 rings (SSSR count). The number of ether oxygens (including phenoxy) is 1. The second-order valence-electron chi connectivity index (χ2n) is 5.06. The predicted molar refractivity (Wildman–Crippen MR) is 69.3 cm³/mol. The molecule has 0 bridgehead atoms. The number of primary amides is 1. The SMILES string of the molecule is CC(C)Oc1cc(NC(C)(C)CC(N)=O)ncn1. The van der Waals surface area contributed by atoms with Crippen molar-refractivity contribution in [3.05, 3.63) is 12.4 Å². The molecule has 0 aliphatic carbocycles. The number of nitrogens with one attached hydrogen (secondary N) is 1. The smallest absolute Gasteiger partial charge is 0.219 e. The van der Waals surface area contributed by atoms with Gasteiger partial charge in [-0.15, -0.1) is 0 Å². The highest BCUT2D eigenvalue weighted by Gasteiger charge is 2.21. The van der Waals surface area contributed by atoms with E-state index in [1.165, 1.54) is 6.33 Å². The van der Waals surface area contributed by atoms with E-state index < -0.39 is 5.54 Å². The number of anilines is 1. The van der Waals surface area contributed by atoms with E-state index in [0.29, 0.717) is 11.7 Å². The first-order valence-electron chi connectivity index (χ1n) is 5.84. The van der Waals surface area contributed by atoms with Gasteiger partial charge in [0.2, 0.25) is 11.8 Å². The summed E-state index contributed by atoms with van der Waals surface area (Å²) >= 11 is 0. The monoisotopic (exact) mass is 252 g/mol. The van der Waals surface area contributed by atoms with Gasteiger partial charge in [-0.2, -0.15) is 0 Å². The van der Waals surface area contributed by atoms with Crippen molar-refractivity contribution in [2.45, 2.75) is 45.8 Å². The van der Waals surface area contributed by atoms with Crippen molar-refractivity contribution in [3.63, 3.8) is 0 Å². The molecule has 3 N–H and O–H groups in total. The van der Waals surface area contributed by atoms with Crippen molar-refractivity contribution in [3.8, 4) is 5.88 Å². The van der Waals surface area contributed by atoms with Crippen LogP contribution in [0.2, 0.25) is 0 Å². The van der Waals surface area contributed by atoms with Crippen LogP contribution in [0.15, 0.2) is 12.4 Å². The Morgan fingerprint density at radius 1 is 1.50 bits per heavy atom. The van der Waals surface area contributed by atoms with Gasteiger partial charge in [0.15, 0.2) is 0 Å². The zero-order valence-electron chi connectivity index (χ0n) is 11.2. The van der Waals surface area contributed by atoms with Crippen LogP contribution in [-0.2, 0) is 4.79 Å². The van der Waals surface area contributed by atoms with Gasteiger partial charge in [0.1, 0.15) is 12.1 Å². The van der Waals surface area contributed by atoms with E-state index in [0.717, 1.165) is 0 Å². The topological polar surface area (TPSA) is 90.1 Å². The normalized spacial score (nSPS) is 11.4. The molecule has 1 amide bonds. The van der Waals surface area contributed by atoms with Crippen LogP contribution in [0.5, 0.6) is 5.88 Å². The van der Waals surface area contributed by atoms with Gasteiger partial charge in [-0.1, -0.05) is 0 Å². The molecule has 0 saturated carbocycles. The molecule has 0 aromatic carbocycles. The molecule has 18 heavy (non-hydrogen) atoms. The molecule has 0 spiro atoms. The Bertz CT molecular complexity index is 418. The standard InChI is InChI=1S/C12H20N4O2/c1-8(2)18-11-5-10(14-7-15-11)16-12(3,4)6-9(13)17/h5,7-8H,6H2,1-4H3,(H2,13,17)(H,14,15,16). The van der Waals surface area contributed by atoms with Gasteiger partial charge in [0.05, 0.1) is 6.10 Å². The fourth-order valence-corrected chi connectivity index (χ4v) is 1.54. The Kier molecular flexibility index (Phi) is 4.47. The van der Waals surface area contributed by atoms with Gasteiger partial charge in [-0.05, 0) is 27.7 Å². The summed E-state index contributed by atoms with van der Waals surface area (Å²) < 4.78 is 5.47. The Balaban J connectivity index is 2.75. The summed E-state index contributed by atoms with van der Waals surface area (Å²) in [4.78, 5) is 19.0. The van der Waals surface area contributed by atoms with Crippen LogP contribution < -0.4 is 15.8 Å². The van der Waals surface area contributed by atoms with E-state index in [1.54, 1.807) is 6.07 Å². The lowest BCUT2D eigenvalue weighted by Gasteiger charge is -2.25. The summed E-state index contributed by atoms with van der Waals surface area (Å²) in [5, 5.41) is 3.13. The number of nitrogens with zero attached hydrogens (tertiary/aromatic N) is 2. The zero-order valence-corrected chi connectivity index (χ0v) is 11.2. The van der Waals surface area contributed by atoms with E-state index in [-0.39, 0.29) is 18.4 Å². The average molecular weight is 252 g/mol. The lowest BCUT2D eigenvalue weighted by Crippen LogP contribution is -2.36. The fourth-order valence-electron chi connectivity index (χ4n) is 1.54. The minimum atomic E-state index is -0.463.